The van der Waals surface area contributed by atoms with E-state index in [9.17, 15) is 9.59 Å². The highest BCUT2D eigenvalue weighted by Crippen LogP contribution is 2.22. The van der Waals surface area contributed by atoms with Gasteiger partial charge in [0.2, 0.25) is 5.91 Å². The van der Waals surface area contributed by atoms with E-state index in [1.54, 1.807) is 17.4 Å². The van der Waals surface area contributed by atoms with Crippen LogP contribution in [0.15, 0.2) is 18.7 Å². The van der Waals surface area contributed by atoms with Gasteiger partial charge in [0.25, 0.3) is 0 Å². The molecule has 0 aliphatic carbocycles. The van der Waals surface area contributed by atoms with Crippen LogP contribution in [-0.2, 0) is 20.9 Å². The summed E-state index contributed by atoms with van der Waals surface area (Å²) in [6.45, 7) is 6.73. The topological polar surface area (TPSA) is 64.4 Å². The molecule has 1 saturated heterocycles. The van der Waals surface area contributed by atoms with Gasteiger partial charge in [-0.25, -0.2) is 9.78 Å². The van der Waals surface area contributed by atoms with Gasteiger partial charge < -0.3 is 14.2 Å². The minimum atomic E-state index is -0.523. The van der Waals surface area contributed by atoms with Crippen molar-refractivity contribution in [2.45, 2.75) is 58.2 Å². The molecule has 0 aromatic carbocycles. The standard InChI is InChI=1S/C15H23N3O3/c1-15(2,3)21-14(20)12-5-4-8-18(12)13(19)6-9-17-10-7-16-11-17/h7,10-12H,4-6,8-9H2,1-3H3/t12-/m1/s1. The Morgan fingerprint density at radius 2 is 2.14 bits per heavy atom. The molecule has 1 aromatic rings. The summed E-state index contributed by atoms with van der Waals surface area (Å²) in [4.78, 5) is 30.1. The predicted octanol–water partition coefficient (Wildman–Crippen LogP) is 1.61. The van der Waals surface area contributed by atoms with Crippen molar-refractivity contribution >= 4 is 11.9 Å². The molecule has 1 aliphatic rings. The zero-order valence-electron chi connectivity index (χ0n) is 12.9. The average molecular weight is 293 g/mol. The van der Waals surface area contributed by atoms with E-state index < -0.39 is 11.6 Å². The lowest BCUT2D eigenvalue weighted by Gasteiger charge is -2.27. The summed E-state index contributed by atoms with van der Waals surface area (Å²) in [7, 11) is 0. The molecule has 1 fully saturated rings. The first-order chi connectivity index (χ1) is 9.87. The van der Waals surface area contributed by atoms with Crippen LogP contribution in [-0.4, -0.2) is 44.5 Å². The van der Waals surface area contributed by atoms with E-state index in [1.165, 1.54) is 0 Å². The van der Waals surface area contributed by atoms with Crippen LogP contribution >= 0.6 is 0 Å². The van der Waals surface area contributed by atoms with Crippen LogP contribution in [0.1, 0.15) is 40.0 Å². The molecular formula is C15H23N3O3. The molecule has 1 aromatic heterocycles. The summed E-state index contributed by atoms with van der Waals surface area (Å²) in [6.07, 6.45) is 7.09. The summed E-state index contributed by atoms with van der Waals surface area (Å²) in [5, 5.41) is 0. The lowest BCUT2D eigenvalue weighted by atomic mass is 10.1. The highest BCUT2D eigenvalue weighted by atomic mass is 16.6. The molecule has 0 radical (unpaired) electrons. The number of amides is 1. The first kappa shape index (κ1) is 15.5. The van der Waals surface area contributed by atoms with E-state index in [4.69, 9.17) is 4.74 Å². The quantitative estimate of drug-likeness (QED) is 0.791. The Morgan fingerprint density at radius 3 is 2.76 bits per heavy atom. The van der Waals surface area contributed by atoms with Crippen LogP contribution in [0.25, 0.3) is 0 Å². The number of imidazole rings is 1. The maximum absolute atomic E-state index is 12.3. The van der Waals surface area contributed by atoms with Crippen molar-refractivity contribution in [2.24, 2.45) is 0 Å². The number of nitrogens with zero attached hydrogens (tertiary/aromatic N) is 3. The number of likely N-dealkylation sites (tertiary alicyclic amines) is 1. The first-order valence-corrected chi connectivity index (χ1v) is 7.35. The second kappa shape index (κ2) is 6.28. The Bertz CT molecular complexity index is 491. The molecule has 0 saturated carbocycles. The minimum Gasteiger partial charge on any atom is -0.458 e. The Morgan fingerprint density at radius 1 is 1.38 bits per heavy atom. The van der Waals surface area contributed by atoms with Crippen molar-refractivity contribution in [1.29, 1.82) is 0 Å². The van der Waals surface area contributed by atoms with E-state index in [2.05, 4.69) is 4.98 Å². The minimum absolute atomic E-state index is 0.00272. The highest BCUT2D eigenvalue weighted by Gasteiger charge is 2.36. The Kier molecular flexibility index (Phi) is 4.65. The SMILES string of the molecule is CC(C)(C)OC(=O)[C@H]1CCCN1C(=O)CCn1ccnc1. The van der Waals surface area contributed by atoms with Crippen molar-refractivity contribution in [1.82, 2.24) is 14.5 Å². The van der Waals surface area contributed by atoms with E-state index in [1.807, 2.05) is 31.5 Å². The summed E-state index contributed by atoms with van der Waals surface area (Å²) in [6, 6.07) is -0.431. The lowest BCUT2D eigenvalue weighted by molar-refractivity contribution is -0.163. The van der Waals surface area contributed by atoms with E-state index >= 15 is 0 Å². The van der Waals surface area contributed by atoms with Gasteiger partial charge in [-0.05, 0) is 33.6 Å². The number of carbonyl (C=O) groups is 2. The Hall–Kier alpha value is -1.85. The summed E-state index contributed by atoms with van der Waals surface area (Å²) >= 11 is 0. The number of ether oxygens (including phenoxy) is 1. The fourth-order valence-corrected chi connectivity index (χ4v) is 2.47. The van der Waals surface area contributed by atoms with Gasteiger partial charge in [-0.1, -0.05) is 0 Å². The molecule has 1 atom stereocenters. The van der Waals surface area contributed by atoms with Crippen molar-refractivity contribution in [2.75, 3.05) is 6.54 Å². The van der Waals surface area contributed by atoms with E-state index in [-0.39, 0.29) is 11.9 Å². The molecule has 0 N–H and O–H groups in total. The number of hydrogen-bond acceptors (Lipinski definition) is 4. The zero-order chi connectivity index (χ0) is 15.5. The van der Waals surface area contributed by atoms with Gasteiger partial charge in [0.1, 0.15) is 11.6 Å². The number of carbonyl (C=O) groups excluding carboxylic acids is 2. The molecule has 2 heterocycles. The third kappa shape index (κ3) is 4.31. The molecule has 2 rings (SSSR count). The maximum Gasteiger partial charge on any atom is 0.329 e. The van der Waals surface area contributed by atoms with Gasteiger partial charge in [-0.15, -0.1) is 0 Å². The third-order valence-electron chi connectivity index (χ3n) is 3.40. The van der Waals surface area contributed by atoms with Gasteiger partial charge in [-0.2, -0.15) is 0 Å². The number of rotatable bonds is 4. The van der Waals surface area contributed by atoms with Gasteiger partial charge in [0.15, 0.2) is 0 Å². The lowest BCUT2D eigenvalue weighted by Crippen LogP contribution is -2.43. The molecule has 116 valence electrons. The van der Waals surface area contributed by atoms with Gasteiger partial charge in [0, 0.05) is 31.9 Å². The smallest absolute Gasteiger partial charge is 0.329 e. The van der Waals surface area contributed by atoms with Crippen LogP contribution in [0, 0.1) is 0 Å². The van der Waals surface area contributed by atoms with Gasteiger partial charge in [0.05, 0.1) is 6.33 Å². The number of aromatic nitrogens is 2. The van der Waals surface area contributed by atoms with Crippen LogP contribution < -0.4 is 0 Å². The molecule has 21 heavy (non-hydrogen) atoms. The van der Waals surface area contributed by atoms with E-state index in [0.717, 1.165) is 6.42 Å². The van der Waals surface area contributed by atoms with Crippen molar-refractivity contribution in [3.05, 3.63) is 18.7 Å². The second-order valence-electron chi connectivity index (χ2n) is 6.33. The molecule has 6 heteroatoms. The fourth-order valence-electron chi connectivity index (χ4n) is 2.47. The molecule has 0 unspecified atom stereocenters. The molecule has 1 aliphatic heterocycles. The fraction of sp³-hybridized carbons (Fsp3) is 0.667. The molecule has 0 spiro atoms. The van der Waals surface area contributed by atoms with E-state index in [0.29, 0.717) is 25.9 Å². The predicted molar refractivity (Wildman–Crippen MR) is 77.4 cm³/mol. The maximum atomic E-state index is 12.3. The van der Waals surface area contributed by atoms with Crippen LogP contribution in [0.2, 0.25) is 0 Å². The monoisotopic (exact) mass is 293 g/mol. The third-order valence-corrected chi connectivity index (χ3v) is 3.40. The van der Waals surface area contributed by atoms with Crippen LogP contribution in [0.5, 0.6) is 0 Å². The average Bonchev–Trinajstić information content (AvgIpc) is 3.05. The highest BCUT2D eigenvalue weighted by molar-refractivity contribution is 5.85. The largest absolute Gasteiger partial charge is 0.458 e. The first-order valence-electron chi connectivity index (χ1n) is 7.35. The molecule has 6 nitrogen and oxygen atoms in total. The van der Waals surface area contributed by atoms with Gasteiger partial charge in [-0.3, -0.25) is 4.79 Å². The number of hydrogen-bond donors (Lipinski definition) is 0. The Balaban J connectivity index is 1.91. The number of aryl methyl sites for hydroxylation is 1. The van der Waals surface area contributed by atoms with Crippen molar-refractivity contribution in [3.8, 4) is 0 Å². The number of esters is 1. The molecule has 0 bridgehead atoms. The summed E-state index contributed by atoms with van der Waals surface area (Å²) in [5.74, 6) is -0.298. The van der Waals surface area contributed by atoms with Crippen LogP contribution in [0.4, 0.5) is 0 Å². The van der Waals surface area contributed by atoms with Gasteiger partial charge >= 0.3 is 5.97 Å². The zero-order valence-corrected chi connectivity index (χ0v) is 12.9. The summed E-state index contributed by atoms with van der Waals surface area (Å²) in [5.41, 5.74) is -0.523. The molecular weight excluding hydrogens is 270 g/mol. The van der Waals surface area contributed by atoms with Crippen molar-refractivity contribution < 1.29 is 14.3 Å². The van der Waals surface area contributed by atoms with Crippen molar-refractivity contribution in [3.63, 3.8) is 0 Å². The second-order valence-corrected chi connectivity index (χ2v) is 6.33. The van der Waals surface area contributed by atoms with Crippen LogP contribution in [0.3, 0.4) is 0 Å². The normalized spacial score (nSPS) is 18.8. The molecule has 1 amide bonds. The Labute approximate surface area is 125 Å². The summed E-state index contributed by atoms with van der Waals surface area (Å²) < 4.78 is 7.26.